The lowest BCUT2D eigenvalue weighted by atomic mass is 9.82. The Morgan fingerprint density at radius 2 is 2.07 bits per heavy atom. The highest BCUT2D eigenvalue weighted by molar-refractivity contribution is 5.92. The van der Waals surface area contributed by atoms with Crippen molar-refractivity contribution >= 4 is 11.8 Å². The molecule has 0 aliphatic heterocycles. The minimum atomic E-state index is -0.353. The number of amides is 2. The fraction of sp³-hybridized carbons (Fsp3) is 0.684. The van der Waals surface area contributed by atoms with E-state index in [2.05, 4.69) is 20.6 Å². The van der Waals surface area contributed by atoms with E-state index in [0.717, 1.165) is 25.5 Å². The molecule has 2 aliphatic carbocycles. The zero-order valence-electron chi connectivity index (χ0n) is 15.7. The predicted molar refractivity (Wildman–Crippen MR) is 99.3 cm³/mol. The molecule has 27 heavy (non-hydrogen) atoms. The molecule has 3 rings (SSSR count). The van der Waals surface area contributed by atoms with Crippen LogP contribution in [-0.4, -0.2) is 46.6 Å². The van der Waals surface area contributed by atoms with E-state index < -0.39 is 0 Å². The molecule has 2 saturated carbocycles. The fourth-order valence-corrected chi connectivity index (χ4v) is 3.57. The van der Waals surface area contributed by atoms with E-state index in [-0.39, 0.29) is 41.1 Å². The van der Waals surface area contributed by atoms with Crippen LogP contribution in [0.2, 0.25) is 0 Å². The van der Waals surface area contributed by atoms with Crippen molar-refractivity contribution in [1.29, 1.82) is 0 Å². The molecule has 0 radical (unpaired) electrons. The number of nitrogens with zero attached hydrogens (tertiary/aromatic N) is 1. The Hall–Kier alpha value is -2.22. The molecule has 0 bridgehead atoms. The second-order valence-electron chi connectivity index (χ2n) is 7.43. The van der Waals surface area contributed by atoms with Crippen molar-refractivity contribution in [1.82, 2.24) is 20.6 Å². The van der Waals surface area contributed by atoms with E-state index in [9.17, 15) is 14.4 Å². The number of hydrogen-bond acceptors (Lipinski definition) is 5. The highest BCUT2D eigenvalue weighted by Gasteiger charge is 2.36. The molecule has 2 amide bonds. The summed E-state index contributed by atoms with van der Waals surface area (Å²) in [6, 6.07) is 0.154. The minimum absolute atomic E-state index is 0.0770. The first-order chi connectivity index (χ1) is 13.1. The molecule has 0 unspecified atom stereocenters. The molecule has 1 aromatic heterocycles. The van der Waals surface area contributed by atoms with Gasteiger partial charge in [-0.3, -0.25) is 14.4 Å². The van der Waals surface area contributed by atoms with Gasteiger partial charge >= 0.3 is 0 Å². The van der Waals surface area contributed by atoms with E-state index in [1.54, 1.807) is 0 Å². The van der Waals surface area contributed by atoms with Gasteiger partial charge in [-0.15, -0.1) is 0 Å². The number of carbonyl (C=O) groups excluding carboxylic acids is 2. The summed E-state index contributed by atoms with van der Waals surface area (Å²) < 4.78 is 5.95. The van der Waals surface area contributed by atoms with Crippen LogP contribution in [0.25, 0.3) is 0 Å². The second kappa shape index (κ2) is 9.12. The largest absolute Gasteiger partial charge is 0.376 e. The van der Waals surface area contributed by atoms with Gasteiger partial charge in [0.2, 0.25) is 5.91 Å². The van der Waals surface area contributed by atoms with Gasteiger partial charge < -0.3 is 20.4 Å². The van der Waals surface area contributed by atoms with Crippen LogP contribution in [0.4, 0.5) is 0 Å². The van der Waals surface area contributed by atoms with Gasteiger partial charge in [0.1, 0.15) is 5.69 Å². The van der Waals surface area contributed by atoms with E-state index in [4.69, 9.17) is 4.74 Å². The zero-order chi connectivity index (χ0) is 19.2. The summed E-state index contributed by atoms with van der Waals surface area (Å²) >= 11 is 0. The molecule has 1 aromatic rings. The lowest BCUT2D eigenvalue weighted by molar-refractivity contribution is -0.129. The van der Waals surface area contributed by atoms with E-state index in [1.165, 1.54) is 12.6 Å². The van der Waals surface area contributed by atoms with Gasteiger partial charge in [-0.1, -0.05) is 6.92 Å². The molecule has 8 nitrogen and oxygen atoms in total. The van der Waals surface area contributed by atoms with Crippen LogP contribution in [0, 0.1) is 5.92 Å². The lowest BCUT2D eigenvalue weighted by Crippen LogP contribution is -2.51. The first-order valence-electron chi connectivity index (χ1n) is 9.84. The monoisotopic (exact) mass is 376 g/mol. The van der Waals surface area contributed by atoms with E-state index in [1.807, 2.05) is 6.92 Å². The highest BCUT2D eigenvalue weighted by Crippen LogP contribution is 2.28. The molecule has 8 heteroatoms. The average Bonchev–Trinajstić information content (AvgIpc) is 2.64. The van der Waals surface area contributed by atoms with Crippen LogP contribution < -0.4 is 16.2 Å². The third-order valence-corrected chi connectivity index (χ3v) is 5.37. The van der Waals surface area contributed by atoms with Crippen molar-refractivity contribution in [3.05, 3.63) is 28.4 Å². The Labute approximate surface area is 158 Å². The molecule has 0 saturated heterocycles. The summed E-state index contributed by atoms with van der Waals surface area (Å²) in [5, 5.41) is 6.08. The van der Waals surface area contributed by atoms with Crippen LogP contribution in [0.1, 0.15) is 62.4 Å². The summed E-state index contributed by atoms with van der Waals surface area (Å²) in [5.74, 6) is -0.317. The van der Waals surface area contributed by atoms with Gasteiger partial charge in [-0.05, 0) is 44.9 Å². The summed E-state index contributed by atoms with van der Waals surface area (Å²) in [4.78, 5) is 42.3. The van der Waals surface area contributed by atoms with Gasteiger partial charge in [0.15, 0.2) is 0 Å². The van der Waals surface area contributed by atoms with Crippen molar-refractivity contribution in [3.63, 3.8) is 0 Å². The summed E-state index contributed by atoms with van der Waals surface area (Å²) in [6.07, 6.45) is 8.37. The molecule has 2 aliphatic rings. The second-order valence-corrected chi connectivity index (χ2v) is 7.43. The normalized spacial score (nSPS) is 25.4. The number of rotatable bonds is 7. The minimum Gasteiger partial charge on any atom is -0.376 e. The van der Waals surface area contributed by atoms with Gasteiger partial charge in [0, 0.05) is 24.8 Å². The quantitative estimate of drug-likeness (QED) is 0.660. The summed E-state index contributed by atoms with van der Waals surface area (Å²) in [6.45, 7) is 2.62. The van der Waals surface area contributed by atoms with Crippen LogP contribution in [0.15, 0.2) is 17.2 Å². The van der Waals surface area contributed by atoms with E-state index >= 15 is 0 Å². The summed E-state index contributed by atoms with van der Waals surface area (Å²) in [5.41, 5.74) is -0.192. The van der Waals surface area contributed by atoms with Crippen molar-refractivity contribution in [2.75, 3.05) is 6.61 Å². The number of aromatic amines is 1. The first kappa shape index (κ1) is 19.5. The molecule has 0 spiro atoms. The Balaban J connectivity index is 1.60. The van der Waals surface area contributed by atoms with Gasteiger partial charge in [-0.25, -0.2) is 4.98 Å². The fourth-order valence-electron chi connectivity index (χ4n) is 3.57. The Kier molecular flexibility index (Phi) is 6.60. The van der Waals surface area contributed by atoms with Gasteiger partial charge in [-0.2, -0.15) is 0 Å². The van der Waals surface area contributed by atoms with Crippen LogP contribution >= 0.6 is 0 Å². The lowest BCUT2D eigenvalue weighted by Gasteiger charge is -2.37. The zero-order valence-corrected chi connectivity index (χ0v) is 15.7. The van der Waals surface area contributed by atoms with Gasteiger partial charge in [0.25, 0.3) is 11.5 Å². The Morgan fingerprint density at radius 1 is 1.26 bits per heavy atom. The smallest absolute Gasteiger partial charge is 0.271 e. The molecule has 3 N–H and O–H groups in total. The standard InChI is InChI=1S/C19H28N4O4/c1-2-8-27-16-9-12(18(25)22-13-4-3-5-13)6-7-14(16)23-19(26)15-10-21-17(24)11-20-15/h10-14,16H,2-9H2,1H3,(H,21,24)(H,22,25)(H,23,26)/t12-,14-,16-/m0/s1. The maximum absolute atomic E-state index is 12.5. The SMILES string of the molecule is CCCO[C@H]1C[C@@H](C(=O)NC2CCC2)CC[C@@H]1NC(=O)c1c[nH]c(=O)cn1. The number of ether oxygens (including phenoxy) is 1. The van der Waals surface area contributed by atoms with Gasteiger partial charge in [0.05, 0.1) is 18.3 Å². The molecule has 2 fully saturated rings. The molecular formula is C19H28N4O4. The topological polar surface area (TPSA) is 113 Å². The molecular weight excluding hydrogens is 348 g/mol. The Bertz CT molecular complexity index is 695. The third kappa shape index (κ3) is 5.15. The number of H-pyrrole nitrogens is 1. The molecule has 0 aromatic carbocycles. The molecule has 1 heterocycles. The summed E-state index contributed by atoms with van der Waals surface area (Å²) in [7, 11) is 0. The number of hydrogen-bond donors (Lipinski definition) is 3. The number of carbonyl (C=O) groups is 2. The predicted octanol–water partition coefficient (Wildman–Crippen LogP) is 1.13. The number of nitrogens with one attached hydrogen (secondary N) is 3. The van der Waals surface area contributed by atoms with Crippen LogP contribution in [0.5, 0.6) is 0 Å². The third-order valence-electron chi connectivity index (χ3n) is 5.37. The maximum atomic E-state index is 12.5. The van der Waals surface area contributed by atoms with Crippen LogP contribution in [-0.2, 0) is 9.53 Å². The average molecular weight is 376 g/mol. The maximum Gasteiger partial charge on any atom is 0.271 e. The molecule has 3 atom stereocenters. The highest BCUT2D eigenvalue weighted by atomic mass is 16.5. The number of aromatic nitrogens is 2. The van der Waals surface area contributed by atoms with Crippen molar-refractivity contribution in [3.8, 4) is 0 Å². The first-order valence-corrected chi connectivity index (χ1v) is 9.84. The van der Waals surface area contributed by atoms with E-state index in [0.29, 0.717) is 31.9 Å². The van der Waals surface area contributed by atoms with Crippen molar-refractivity contribution in [2.24, 2.45) is 5.92 Å². The molecule has 148 valence electrons. The van der Waals surface area contributed by atoms with Crippen LogP contribution in [0.3, 0.4) is 0 Å². The van der Waals surface area contributed by atoms with Crippen molar-refractivity contribution < 1.29 is 14.3 Å². The van der Waals surface area contributed by atoms with Crippen molar-refractivity contribution in [2.45, 2.75) is 70.1 Å². The Morgan fingerprint density at radius 3 is 2.70 bits per heavy atom.